The number of hydrogen-bond acceptors (Lipinski definition) is 6. The molecule has 0 saturated heterocycles. The van der Waals surface area contributed by atoms with Crippen molar-refractivity contribution in [3.63, 3.8) is 0 Å². The molecule has 2 amide bonds. The zero-order chi connectivity index (χ0) is 22.5. The first kappa shape index (κ1) is 23.0. The first-order chi connectivity index (χ1) is 14.1. The Morgan fingerprint density at radius 1 is 0.967 bits per heavy atom. The highest BCUT2D eigenvalue weighted by Crippen LogP contribution is 2.36. The molecule has 2 aromatic rings. The number of sulfonamides is 1. The number of carbonyl (C=O) groups is 2. The highest BCUT2D eigenvalue weighted by Gasteiger charge is 2.25. The van der Waals surface area contributed by atoms with E-state index in [-0.39, 0.29) is 29.5 Å². The lowest BCUT2D eigenvalue weighted by Gasteiger charge is -2.24. The molecule has 0 spiro atoms. The molecular formula is C20H25N3O6S. The van der Waals surface area contributed by atoms with E-state index < -0.39 is 15.9 Å². The standard InChI is InChI=1S/C20H25N3O6S/c1-6-23(30(5,26)27)17-12-19(29-4)18(28-3)11-16(17)20(25)22-15-9-7-14(8-10-15)21-13(2)24/h7-12H,6H2,1-5H3,(H,21,24)(H,22,25). The molecule has 10 heteroatoms. The van der Waals surface area contributed by atoms with Crippen molar-refractivity contribution in [2.75, 3.05) is 42.0 Å². The van der Waals surface area contributed by atoms with E-state index in [4.69, 9.17) is 9.47 Å². The molecule has 9 nitrogen and oxygen atoms in total. The maximum atomic E-state index is 13.0. The van der Waals surface area contributed by atoms with Crippen LogP contribution >= 0.6 is 0 Å². The van der Waals surface area contributed by atoms with E-state index in [1.54, 1.807) is 31.2 Å². The van der Waals surface area contributed by atoms with Crippen molar-refractivity contribution >= 4 is 38.9 Å². The van der Waals surface area contributed by atoms with E-state index in [0.29, 0.717) is 17.1 Å². The van der Waals surface area contributed by atoms with Crippen LogP contribution in [0.5, 0.6) is 11.5 Å². The predicted octanol–water partition coefficient (Wildman–Crippen LogP) is 2.70. The van der Waals surface area contributed by atoms with Crippen molar-refractivity contribution in [3.05, 3.63) is 42.0 Å². The predicted molar refractivity (Wildman–Crippen MR) is 116 cm³/mol. The quantitative estimate of drug-likeness (QED) is 0.659. The summed E-state index contributed by atoms with van der Waals surface area (Å²) in [6, 6.07) is 9.42. The van der Waals surface area contributed by atoms with Gasteiger partial charge in [-0.25, -0.2) is 8.42 Å². The summed E-state index contributed by atoms with van der Waals surface area (Å²) < 4.78 is 36.2. The van der Waals surface area contributed by atoms with Crippen molar-refractivity contribution in [1.82, 2.24) is 0 Å². The molecule has 0 atom stereocenters. The summed E-state index contributed by atoms with van der Waals surface area (Å²) in [6.45, 7) is 3.19. The van der Waals surface area contributed by atoms with Crippen LogP contribution in [0.15, 0.2) is 36.4 Å². The molecule has 0 bridgehead atoms. The fraction of sp³-hybridized carbons (Fsp3) is 0.300. The number of benzene rings is 2. The van der Waals surface area contributed by atoms with Crippen LogP contribution in [0.4, 0.5) is 17.1 Å². The largest absolute Gasteiger partial charge is 0.493 e. The summed E-state index contributed by atoms with van der Waals surface area (Å²) in [5.74, 6) is -0.148. The molecule has 2 N–H and O–H groups in total. The van der Waals surface area contributed by atoms with Gasteiger partial charge in [-0.1, -0.05) is 0 Å². The second kappa shape index (κ2) is 9.49. The fourth-order valence-electron chi connectivity index (χ4n) is 2.88. The molecular weight excluding hydrogens is 410 g/mol. The van der Waals surface area contributed by atoms with E-state index >= 15 is 0 Å². The molecule has 0 aliphatic heterocycles. The van der Waals surface area contributed by atoms with Crippen molar-refractivity contribution < 1.29 is 27.5 Å². The van der Waals surface area contributed by atoms with Crippen LogP contribution in [0, 0.1) is 0 Å². The second-order valence-corrected chi connectivity index (χ2v) is 8.27. The number of anilines is 3. The van der Waals surface area contributed by atoms with Crippen LogP contribution in [0.3, 0.4) is 0 Å². The number of methoxy groups -OCH3 is 2. The normalized spacial score (nSPS) is 10.8. The van der Waals surface area contributed by atoms with Gasteiger partial charge >= 0.3 is 0 Å². The van der Waals surface area contributed by atoms with Gasteiger partial charge in [0, 0.05) is 30.9 Å². The summed E-state index contributed by atoms with van der Waals surface area (Å²) in [6.07, 6.45) is 1.07. The second-order valence-electron chi connectivity index (χ2n) is 6.36. The Kier molecular flexibility index (Phi) is 7.28. The maximum Gasteiger partial charge on any atom is 0.257 e. The third kappa shape index (κ3) is 5.41. The Morgan fingerprint density at radius 2 is 1.47 bits per heavy atom. The first-order valence-electron chi connectivity index (χ1n) is 9.03. The van der Waals surface area contributed by atoms with Gasteiger partial charge in [0.25, 0.3) is 5.91 Å². The Labute approximate surface area is 176 Å². The number of ether oxygens (including phenoxy) is 2. The molecule has 2 aromatic carbocycles. The first-order valence-corrected chi connectivity index (χ1v) is 10.9. The molecule has 0 unspecified atom stereocenters. The SMILES string of the molecule is CCN(c1cc(OC)c(OC)cc1C(=O)Nc1ccc(NC(C)=O)cc1)S(C)(=O)=O. The lowest BCUT2D eigenvalue weighted by atomic mass is 10.1. The number of rotatable bonds is 8. The summed E-state index contributed by atoms with van der Waals surface area (Å²) in [5, 5.41) is 5.37. The topological polar surface area (TPSA) is 114 Å². The van der Waals surface area contributed by atoms with E-state index in [1.165, 1.54) is 33.3 Å². The third-order valence-corrected chi connectivity index (χ3v) is 5.42. The van der Waals surface area contributed by atoms with E-state index in [1.807, 2.05) is 0 Å². The maximum absolute atomic E-state index is 13.0. The summed E-state index contributed by atoms with van der Waals surface area (Å²) >= 11 is 0. The number of hydrogen-bond donors (Lipinski definition) is 2. The lowest BCUT2D eigenvalue weighted by Crippen LogP contribution is -2.31. The van der Waals surface area contributed by atoms with Crippen molar-refractivity contribution in [2.45, 2.75) is 13.8 Å². The Balaban J connectivity index is 2.47. The van der Waals surface area contributed by atoms with Crippen molar-refractivity contribution in [3.8, 4) is 11.5 Å². The van der Waals surface area contributed by atoms with Crippen LogP contribution in [0.1, 0.15) is 24.2 Å². The summed E-state index contributed by atoms with van der Waals surface area (Å²) in [7, 11) is -0.792. The zero-order valence-electron chi connectivity index (χ0n) is 17.5. The van der Waals surface area contributed by atoms with Crippen LogP contribution < -0.4 is 24.4 Å². The summed E-state index contributed by atoms with van der Waals surface area (Å²) in [5.41, 5.74) is 1.33. The molecule has 0 aromatic heterocycles. The fourth-order valence-corrected chi connectivity index (χ4v) is 3.86. The molecule has 162 valence electrons. The van der Waals surface area contributed by atoms with Crippen LogP contribution in [0.25, 0.3) is 0 Å². The molecule has 0 aliphatic carbocycles. The number of nitrogens with zero attached hydrogens (tertiary/aromatic N) is 1. The molecule has 0 heterocycles. The van der Waals surface area contributed by atoms with Gasteiger partial charge in [0.2, 0.25) is 15.9 Å². The summed E-state index contributed by atoms with van der Waals surface area (Å²) in [4.78, 5) is 24.1. The Hall–Kier alpha value is -3.27. The third-order valence-electron chi connectivity index (χ3n) is 4.17. The minimum absolute atomic E-state index is 0.103. The number of carbonyl (C=O) groups excluding carboxylic acids is 2. The Morgan fingerprint density at radius 3 is 1.90 bits per heavy atom. The molecule has 0 fully saturated rings. The monoisotopic (exact) mass is 435 g/mol. The number of nitrogens with one attached hydrogen (secondary N) is 2. The molecule has 2 rings (SSSR count). The van der Waals surface area contributed by atoms with E-state index in [0.717, 1.165) is 10.6 Å². The minimum Gasteiger partial charge on any atom is -0.493 e. The van der Waals surface area contributed by atoms with Gasteiger partial charge in [-0.05, 0) is 37.3 Å². The molecule has 30 heavy (non-hydrogen) atoms. The van der Waals surface area contributed by atoms with Crippen LogP contribution in [-0.2, 0) is 14.8 Å². The molecule has 0 radical (unpaired) electrons. The zero-order valence-corrected chi connectivity index (χ0v) is 18.3. The van der Waals surface area contributed by atoms with Crippen LogP contribution in [-0.4, -0.2) is 47.3 Å². The smallest absolute Gasteiger partial charge is 0.257 e. The van der Waals surface area contributed by atoms with Gasteiger partial charge in [-0.15, -0.1) is 0 Å². The van der Waals surface area contributed by atoms with Gasteiger partial charge in [0.1, 0.15) is 0 Å². The van der Waals surface area contributed by atoms with Gasteiger partial charge in [-0.2, -0.15) is 0 Å². The average Bonchev–Trinajstić information content (AvgIpc) is 2.68. The van der Waals surface area contributed by atoms with E-state index in [2.05, 4.69) is 10.6 Å². The molecule has 0 saturated carbocycles. The minimum atomic E-state index is -3.64. The van der Waals surface area contributed by atoms with Gasteiger partial charge in [0.05, 0.1) is 31.7 Å². The molecule has 0 aliphatic rings. The Bertz CT molecular complexity index is 1040. The van der Waals surface area contributed by atoms with E-state index in [9.17, 15) is 18.0 Å². The van der Waals surface area contributed by atoms with Gasteiger partial charge in [0.15, 0.2) is 11.5 Å². The average molecular weight is 436 g/mol. The highest BCUT2D eigenvalue weighted by atomic mass is 32.2. The number of amides is 2. The van der Waals surface area contributed by atoms with Gasteiger partial charge in [-0.3, -0.25) is 13.9 Å². The van der Waals surface area contributed by atoms with Gasteiger partial charge < -0.3 is 20.1 Å². The van der Waals surface area contributed by atoms with Crippen molar-refractivity contribution in [1.29, 1.82) is 0 Å². The van der Waals surface area contributed by atoms with Crippen LogP contribution in [0.2, 0.25) is 0 Å². The highest BCUT2D eigenvalue weighted by molar-refractivity contribution is 7.92. The van der Waals surface area contributed by atoms with Crippen molar-refractivity contribution in [2.24, 2.45) is 0 Å². The lowest BCUT2D eigenvalue weighted by molar-refractivity contribution is -0.114.